The molecule has 0 amide bonds. The molecule has 0 unspecified atom stereocenters. The number of carboxylic acids is 3. The number of hydrogen-bond donors (Lipinski definition) is 5. The summed E-state index contributed by atoms with van der Waals surface area (Å²) in [5.74, 6) is -4.25. The van der Waals surface area contributed by atoms with E-state index in [1.54, 1.807) is 14.2 Å². The minimum atomic E-state index is -2.74. The van der Waals surface area contributed by atoms with E-state index in [2.05, 4.69) is 40.7 Å². The van der Waals surface area contributed by atoms with Gasteiger partial charge in [0.2, 0.25) is 0 Å². The predicted octanol–water partition coefficient (Wildman–Crippen LogP) is 2.84. The molecule has 0 saturated carbocycles. The van der Waals surface area contributed by atoms with Crippen molar-refractivity contribution in [3.8, 4) is 5.75 Å². The minimum absolute atomic E-state index is 0.703. The summed E-state index contributed by atoms with van der Waals surface area (Å²) < 4.78 is 13.2. The summed E-state index contributed by atoms with van der Waals surface area (Å²) in [4.78, 5) is 32.9. The van der Waals surface area contributed by atoms with Crippen LogP contribution >= 0.6 is 0 Å². The van der Waals surface area contributed by atoms with Crippen molar-refractivity contribution in [1.82, 2.24) is 9.47 Å². The SMILES string of the molecule is COCCn1c(C)c(CN2CCC(O)(c3ccccc3OC)CC2)c2ccccc21.O=C(O)CC(O)(CC(=O)O)C(=O)O. The molecule has 2 aromatic carbocycles. The highest BCUT2D eigenvalue weighted by molar-refractivity contribution is 5.88. The van der Waals surface area contributed by atoms with Gasteiger partial charge in [0.15, 0.2) is 5.60 Å². The molecule has 12 heteroatoms. The van der Waals surface area contributed by atoms with E-state index >= 15 is 0 Å². The van der Waals surface area contributed by atoms with Gasteiger partial charge in [-0.2, -0.15) is 0 Å². The van der Waals surface area contributed by atoms with Gasteiger partial charge in [0.25, 0.3) is 0 Å². The number of fused-ring (bicyclic) bond motifs is 1. The fraction of sp³-hybridized carbons (Fsp3) is 0.452. The first-order chi connectivity index (χ1) is 20.3. The molecular formula is C31H40N2O10. The smallest absolute Gasteiger partial charge is 0.336 e. The van der Waals surface area contributed by atoms with Gasteiger partial charge in [0, 0.05) is 55.4 Å². The fourth-order valence-corrected chi connectivity index (χ4v) is 5.49. The third kappa shape index (κ3) is 8.11. The summed E-state index contributed by atoms with van der Waals surface area (Å²) in [7, 11) is 3.41. The maximum absolute atomic E-state index is 11.3. The molecule has 0 atom stereocenters. The first-order valence-corrected chi connectivity index (χ1v) is 13.9. The summed E-state index contributed by atoms with van der Waals surface area (Å²) >= 11 is 0. The van der Waals surface area contributed by atoms with Gasteiger partial charge in [0.05, 0.1) is 32.2 Å². The Balaban J connectivity index is 0.000000331. The molecular weight excluding hydrogens is 560 g/mol. The second kappa shape index (κ2) is 14.5. The molecule has 1 fully saturated rings. The lowest BCUT2D eigenvalue weighted by atomic mass is 9.83. The maximum Gasteiger partial charge on any atom is 0.336 e. The van der Waals surface area contributed by atoms with E-state index in [0.29, 0.717) is 19.4 Å². The third-order valence-electron chi connectivity index (χ3n) is 7.84. The van der Waals surface area contributed by atoms with Gasteiger partial charge in [-0.15, -0.1) is 0 Å². The molecule has 0 spiro atoms. The van der Waals surface area contributed by atoms with Gasteiger partial charge < -0.3 is 39.6 Å². The number of carbonyl (C=O) groups is 3. The molecule has 1 aliphatic heterocycles. The van der Waals surface area contributed by atoms with E-state index in [-0.39, 0.29) is 0 Å². The number of piperidine rings is 1. The van der Waals surface area contributed by atoms with Crippen LogP contribution in [0.5, 0.6) is 5.75 Å². The van der Waals surface area contributed by atoms with Gasteiger partial charge in [-0.25, -0.2) is 4.79 Å². The first-order valence-electron chi connectivity index (χ1n) is 13.9. The number of nitrogens with zero attached hydrogens (tertiary/aromatic N) is 2. The van der Waals surface area contributed by atoms with Crippen LogP contribution < -0.4 is 4.74 Å². The van der Waals surface area contributed by atoms with E-state index in [9.17, 15) is 19.5 Å². The Kier molecular flexibility index (Phi) is 11.3. The number of aliphatic hydroxyl groups is 2. The van der Waals surface area contributed by atoms with Crippen LogP contribution in [0.4, 0.5) is 0 Å². The van der Waals surface area contributed by atoms with Crippen molar-refractivity contribution < 1.29 is 49.4 Å². The van der Waals surface area contributed by atoms with Crippen molar-refractivity contribution >= 4 is 28.8 Å². The Morgan fingerprint density at radius 2 is 1.51 bits per heavy atom. The van der Waals surface area contributed by atoms with E-state index in [1.165, 1.54) is 22.2 Å². The number of methoxy groups -OCH3 is 2. The Morgan fingerprint density at radius 1 is 0.930 bits per heavy atom. The van der Waals surface area contributed by atoms with Crippen LogP contribution in [0, 0.1) is 6.92 Å². The highest BCUT2D eigenvalue weighted by Gasteiger charge is 2.41. The number of rotatable bonds is 12. The fourth-order valence-electron chi connectivity index (χ4n) is 5.49. The van der Waals surface area contributed by atoms with Crippen LogP contribution in [-0.4, -0.2) is 92.4 Å². The molecule has 234 valence electrons. The molecule has 2 heterocycles. The molecule has 0 radical (unpaired) electrons. The lowest BCUT2D eigenvalue weighted by Crippen LogP contribution is -2.42. The van der Waals surface area contributed by atoms with Gasteiger partial charge in [0.1, 0.15) is 5.75 Å². The molecule has 1 saturated heterocycles. The number of aromatic nitrogens is 1. The number of carboxylic acid groups (broad SMARTS) is 3. The van der Waals surface area contributed by atoms with Gasteiger partial charge in [-0.3, -0.25) is 14.5 Å². The van der Waals surface area contributed by atoms with Crippen molar-refractivity contribution in [1.29, 1.82) is 0 Å². The average molecular weight is 601 g/mol. The van der Waals surface area contributed by atoms with Crippen LogP contribution in [0.15, 0.2) is 48.5 Å². The monoisotopic (exact) mass is 600 g/mol. The van der Waals surface area contributed by atoms with Gasteiger partial charge in [-0.05, 0) is 37.5 Å². The van der Waals surface area contributed by atoms with E-state index in [4.69, 9.17) is 29.9 Å². The van der Waals surface area contributed by atoms with Crippen LogP contribution in [0.1, 0.15) is 42.5 Å². The summed E-state index contributed by atoms with van der Waals surface area (Å²) in [5.41, 5.74) is 1.29. The topological polar surface area (TPSA) is 179 Å². The lowest BCUT2D eigenvalue weighted by Gasteiger charge is -2.39. The predicted molar refractivity (Wildman–Crippen MR) is 157 cm³/mol. The standard InChI is InChI=1S/C25H32N2O3.C6H8O7/c1-19-21(20-8-4-6-10-23(20)27(19)16-17-29-2)18-26-14-12-25(28,13-15-26)22-9-5-7-11-24(22)30-3;7-3(8)1-6(13,5(11)12)2-4(9)10/h4-11,28H,12-18H2,1-3H3;13H,1-2H2,(H,7,8)(H,9,10)(H,11,12). The molecule has 4 rings (SSSR count). The molecule has 0 bridgehead atoms. The van der Waals surface area contributed by atoms with Gasteiger partial charge in [-0.1, -0.05) is 36.4 Å². The lowest BCUT2D eigenvalue weighted by molar-refractivity contribution is -0.170. The second-order valence-electron chi connectivity index (χ2n) is 10.7. The first kappa shape index (κ1) is 33.5. The molecule has 43 heavy (non-hydrogen) atoms. The molecule has 1 aromatic heterocycles. The average Bonchev–Trinajstić information content (AvgIpc) is 3.22. The Morgan fingerprint density at radius 3 is 2.07 bits per heavy atom. The quantitative estimate of drug-likeness (QED) is 0.206. The summed E-state index contributed by atoms with van der Waals surface area (Å²) in [6.45, 7) is 6.37. The number of para-hydroxylation sites is 2. The zero-order valence-electron chi connectivity index (χ0n) is 24.7. The Labute approximate surface area is 249 Å². The van der Waals surface area contributed by atoms with Crippen molar-refractivity contribution in [2.75, 3.05) is 33.9 Å². The van der Waals surface area contributed by atoms with Crippen LogP contribution in [0.25, 0.3) is 10.9 Å². The van der Waals surface area contributed by atoms with Gasteiger partial charge >= 0.3 is 17.9 Å². The Hall–Kier alpha value is -3.97. The van der Waals surface area contributed by atoms with Crippen molar-refractivity contribution in [2.45, 2.75) is 56.9 Å². The highest BCUT2D eigenvalue weighted by atomic mass is 16.5. The van der Waals surface area contributed by atoms with Crippen molar-refractivity contribution in [3.63, 3.8) is 0 Å². The van der Waals surface area contributed by atoms with Crippen molar-refractivity contribution in [3.05, 3.63) is 65.4 Å². The molecule has 1 aliphatic rings. The van der Waals surface area contributed by atoms with E-state index in [0.717, 1.165) is 37.5 Å². The number of likely N-dealkylation sites (tertiary alicyclic amines) is 1. The van der Waals surface area contributed by atoms with Crippen LogP contribution in [0.3, 0.4) is 0 Å². The maximum atomic E-state index is 11.3. The molecule has 3 aromatic rings. The third-order valence-corrected chi connectivity index (χ3v) is 7.84. The largest absolute Gasteiger partial charge is 0.496 e. The van der Waals surface area contributed by atoms with E-state index in [1.807, 2.05) is 24.3 Å². The zero-order chi connectivity index (χ0) is 31.8. The molecule has 0 aliphatic carbocycles. The summed E-state index contributed by atoms with van der Waals surface area (Å²) in [6, 6.07) is 16.5. The van der Waals surface area contributed by atoms with Crippen LogP contribution in [-0.2, 0) is 37.8 Å². The number of aliphatic carboxylic acids is 3. The minimum Gasteiger partial charge on any atom is -0.496 e. The number of hydrogen-bond acceptors (Lipinski definition) is 8. The second-order valence-corrected chi connectivity index (χ2v) is 10.7. The summed E-state index contributed by atoms with van der Waals surface area (Å²) in [5, 5.41) is 46.5. The summed E-state index contributed by atoms with van der Waals surface area (Å²) in [6.07, 6.45) is -0.882. The highest BCUT2D eigenvalue weighted by Crippen LogP contribution is 2.38. The number of benzene rings is 2. The van der Waals surface area contributed by atoms with E-state index < -0.39 is 42.0 Å². The zero-order valence-corrected chi connectivity index (χ0v) is 24.7. The number of ether oxygens (including phenoxy) is 2. The normalized spacial score (nSPS) is 15.0. The Bertz CT molecular complexity index is 1410. The van der Waals surface area contributed by atoms with Crippen LogP contribution in [0.2, 0.25) is 0 Å². The molecule has 12 nitrogen and oxygen atoms in total. The van der Waals surface area contributed by atoms with Crippen molar-refractivity contribution in [2.24, 2.45) is 0 Å². The molecule has 5 N–H and O–H groups in total.